The molecule has 1 aromatic rings. The van der Waals surface area contributed by atoms with Crippen LogP contribution in [0.5, 0.6) is 5.75 Å². The van der Waals surface area contributed by atoms with Crippen molar-refractivity contribution in [2.45, 2.75) is 33.8 Å². The number of nitrogens with one attached hydrogen (secondary N) is 2. The molecule has 5 nitrogen and oxygen atoms in total. The molecule has 1 heterocycles. The van der Waals surface area contributed by atoms with Crippen LogP contribution in [0.2, 0.25) is 0 Å². The van der Waals surface area contributed by atoms with Gasteiger partial charge in [-0.2, -0.15) is 0 Å². The molecular formula is C12H21N3O2S. The minimum atomic E-state index is -0.155. The number of ether oxygens (including phenoxy) is 1. The van der Waals surface area contributed by atoms with Crippen molar-refractivity contribution in [3.8, 4) is 5.75 Å². The summed E-state index contributed by atoms with van der Waals surface area (Å²) < 4.78 is 5.68. The van der Waals surface area contributed by atoms with Gasteiger partial charge in [0.2, 0.25) is 0 Å². The third-order valence-electron chi connectivity index (χ3n) is 2.13. The first kappa shape index (κ1) is 14.6. The van der Waals surface area contributed by atoms with Crippen molar-refractivity contribution < 1.29 is 9.53 Å². The van der Waals surface area contributed by atoms with Gasteiger partial charge in [-0.1, -0.05) is 0 Å². The molecule has 0 bridgehead atoms. The summed E-state index contributed by atoms with van der Waals surface area (Å²) in [7, 11) is 0. The average molecular weight is 271 g/mol. The summed E-state index contributed by atoms with van der Waals surface area (Å²) in [5, 5.41) is 6.73. The lowest BCUT2D eigenvalue weighted by Gasteiger charge is -2.11. The van der Waals surface area contributed by atoms with E-state index >= 15 is 0 Å². The molecule has 6 heteroatoms. The molecule has 1 amide bonds. The Morgan fingerprint density at radius 3 is 2.56 bits per heavy atom. The normalized spacial score (nSPS) is 10.5. The van der Waals surface area contributed by atoms with E-state index in [1.165, 1.54) is 11.3 Å². The van der Waals surface area contributed by atoms with Crippen LogP contribution in [0, 0.1) is 0 Å². The van der Waals surface area contributed by atoms with Crippen molar-refractivity contribution >= 4 is 27.9 Å². The summed E-state index contributed by atoms with van der Waals surface area (Å²) in [6, 6.07) is 0. The molecule has 0 fully saturated rings. The van der Waals surface area contributed by atoms with Crippen molar-refractivity contribution in [3.63, 3.8) is 0 Å². The number of nitrogen functional groups attached to an aromatic ring is 1. The van der Waals surface area contributed by atoms with E-state index in [9.17, 15) is 4.79 Å². The molecule has 0 saturated heterocycles. The Bertz CT molecular complexity index is 416. The van der Waals surface area contributed by atoms with Gasteiger partial charge in [0.05, 0.1) is 6.10 Å². The van der Waals surface area contributed by atoms with Crippen molar-refractivity contribution in [1.82, 2.24) is 5.32 Å². The number of hydrogen-bond acceptors (Lipinski definition) is 5. The number of carbonyl (C=O) groups excluding carboxylic acids is 1. The van der Waals surface area contributed by atoms with Gasteiger partial charge in [-0.15, -0.1) is 11.3 Å². The van der Waals surface area contributed by atoms with Gasteiger partial charge in [0, 0.05) is 13.1 Å². The van der Waals surface area contributed by atoms with Gasteiger partial charge in [0.15, 0.2) is 5.75 Å². The van der Waals surface area contributed by atoms with Crippen molar-refractivity contribution in [3.05, 3.63) is 4.88 Å². The lowest BCUT2D eigenvalue weighted by molar-refractivity contribution is 0.0960. The van der Waals surface area contributed by atoms with Gasteiger partial charge < -0.3 is 21.1 Å². The van der Waals surface area contributed by atoms with Gasteiger partial charge in [0.25, 0.3) is 5.91 Å². The Hall–Kier alpha value is -1.43. The highest BCUT2D eigenvalue weighted by Gasteiger charge is 2.22. The summed E-state index contributed by atoms with van der Waals surface area (Å²) >= 11 is 1.33. The van der Waals surface area contributed by atoms with E-state index < -0.39 is 0 Å². The molecule has 1 rings (SSSR count). The first-order chi connectivity index (χ1) is 8.51. The van der Waals surface area contributed by atoms with E-state index in [1.807, 2.05) is 27.7 Å². The third kappa shape index (κ3) is 3.29. The lowest BCUT2D eigenvalue weighted by atomic mass is 10.3. The van der Waals surface area contributed by atoms with Gasteiger partial charge in [-0.05, 0) is 27.7 Å². The highest BCUT2D eigenvalue weighted by atomic mass is 32.1. The summed E-state index contributed by atoms with van der Waals surface area (Å²) in [6.07, 6.45) is 0.0152. The van der Waals surface area contributed by atoms with E-state index in [4.69, 9.17) is 10.5 Å². The fourth-order valence-electron chi connectivity index (χ4n) is 1.47. The summed E-state index contributed by atoms with van der Waals surface area (Å²) in [4.78, 5) is 12.4. The van der Waals surface area contributed by atoms with Crippen LogP contribution >= 0.6 is 11.3 Å². The Morgan fingerprint density at radius 2 is 2.06 bits per heavy atom. The molecule has 0 spiro atoms. The number of thiophene rings is 1. The average Bonchev–Trinajstić information content (AvgIpc) is 2.58. The molecule has 4 N–H and O–H groups in total. The van der Waals surface area contributed by atoms with Crippen LogP contribution in [0.25, 0.3) is 0 Å². The van der Waals surface area contributed by atoms with E-state index in [-0.39, 0.29) is 12.0 Å². The zero-order valence-corrected chi connectivity index (χ0v) is 12.1. The zero-order chi connectivity index (χ0) is 13.7. The van der Waals surface area contributed by atoms with Crippen LogP contribution in [-0.4, -0.2) is 25.1 Å². The van der Waals surface area contributed by atoms with Crippen molar-refractivity contribution in [2.24, 2.45) is 0 Å². The van der Waals surface area contributed by atoms with Crippen LogP contribution in [-0.2, 0) is 0 Å². The van der Waals surface area contributed by atoms with Crippen molar-refractivity contribution in [2.75, 3.05) is 24.1 Å². The molecule has 0 saturated carbocycles. The van der Waals surface area contributed by atoms with E-state index in [0.717, 1.165) is 11.5 Å². The summed E-state index contributed by atoms with van der Waals surface area (Å²) in [6.45, 7) is 9.05. The second-order valence-corrected chi connectivity index (χ2v) is 5.08. The molecule has 1 aromatic heterocycles. The molecule has 0 aromatic carbocycles. The fraction of sp³-hybridized carbons (Fsp3) is 0.583. The minimum absolute atomic E-state index is 0.0152. The van der Waals surface area contributed by atoms with E-state index in [2.05, 4.69) is 10.6 Å². The fourth-order valence-corrected chi connectivity index (χ4v) is 2.51. The molecule has 0 aliphatic rings. The van der Waals surface area contributed by atoms with Gasteiger partial charge >= 0.3 is 0 Å². The van der Waals surface area contributed by atoms with Gasteiger partial charge in [-0.3, -0.25) is 4.79 Å². The standard InChI is InChI=1S/C12H21N3O2S/c1-5-14-11(16)10-8(13)9(17-7(3)4)12(18-10)15-6-2/h7,15H,5-6,13H2,1-4H3,(H,14,16). The number of nitrogens with two attached hydrogens (primary N) is 1. The van der Waals surface area contributed by atoms with Gasteiger partial charge in [-0.25, -0.2) is 0 Å². The molecular weight excluding hydrogens is 250 g/mol. The quantitative estimate of drug-likeness (QED) is 0.742. The highest BCUT2D eigenvalue weighted by Crippen LogP contribution is 2.43. The maximum Gasteiger partial charge on any atom is 0.263 e. The summed E-state index contributed by atoms with van der Waals surface area (Å²) in [5.74, 6) is 0.427. The molecule has 0 aliphatic heterocycles. The topological polar surface area (TPSA) is 76.4 Å². The molecule has 18 heavy (non-hydrogen) atoms. The van der Waals surface area contributed by atoms with Gasteiger partial charge in [0.1, 0.15) is 15.6 Å². The lowest BCUT2D eigenvalue weighted by Crippen LogP contribution is -2.22. The second-order valence-electron chi connectivity index (χ2n) is 4.06. The Morgan fingerprint density at radius 1 is 1.39 bits per heavy atom. The van der Waals surface area contributed by atoms with Crippen LogP contribution in [0.15, 0.2) is 0 Å². The second kappa shape index (κ2) is 6.49. The number of carbonyl (C=O) groups is 1. The molecule has 102 valence electrons. The number of amides is 1. The molecule has 0 atom stereocenters. The Kier molecular flexibility index (Phi) is 5.27. The largest absolute Gasteiger partial charge is 0.486 e. The third-order valence-corrected chi connectivity index (χ3v) is 3.28. The maximum atomic E-state index is 11.9. The monoisotopic (exact) mass is 271 g/mol. The van der Waals surface area contributed by atoms with Crippen LogP contribution in [0.1, 0.15) is 37.4 Å². The maximum absolute atomic E-state index is 11.9. The Labute approximate surface area is 112 Å². The SMILES string of the molecule is CCNC(=O)c1sc(NCC)c(OC(C)C)c1N. The Balaban J connectivity index is 3.10. The molecule has 0 radical (unpaired) electrons. The molecule has 0 unspecified atom stereocenters. The number of rotatable bonds is 6. The zero-order valence-electron chi connectivity index (χ0n) is 11.3. The minimum Gasteiger partial charge on any atom is -0.486 e. The van der Waals surface area contributed by atoms with Crippen molar-refractivity contribution in [1.29, 1.82) is 0 Å². The van der Waals surface area contributed by atoms with Crippen LogP contribution < -0.4 is 21.1 Å². The first-order valence-corrected chi connectivity index (χ1v) is 6.93. The number of anilines is 2. The smallest absolute Gasteiger partial charge is 0.263 e. The molecule has 0 aliphatic carbocycles. The van der Waals surface area contributed by atoms with Crippen LogP contribution in [0.3, 0.4) is 0 Å². The summed E-state index contributed by atoms with van der Waals surface area (Å²) in [5.41, 5.74) is 6.41. The van der Waals surface area contributed by atoms with Crippen LogP contribution in [0.4, 0.5) is 10.7 Å². The predicted molar refractivity (Wildman–Crippen MR) is 76.7 cm³/mol. The predicted octanol–water partition coefficient (Wildman–Crippen LogP) is 2.30. The van der Waals surface area contributed by atoms with E-state index in [0.29, 0.717) is 22.9 Å². The number of hydrogen-bond donors (Lipinski definition) is 3. The van der Waals surface area contributed by atoms with E-state index in [1.54, 1.807) is 0 Å². The highest BCUT2D eigenvalue weighted by molar-refractivity contribution is 7.19. The first-order valence-electron chi connectivity index (χ1n) is 6.12.